The highest BCUT2D eigenvalue weighted by Gasteiger charge is 2.05. The van der Waals surface area contributed by atoms with Crippen molar-refractivity contribution in [3.63, 3.8) is 0 Å². The number of aryl methyl sites for hydroxylation is 1. The van der Waals surface area contributed by atoms with Gasteiger partial charge in [-0.2, -0.15) is 0 Å². The SMILES string of the molecule is CN=C(NCCc1ccc(F)cc1C)NCc1ncccc1F.I. The predicted molar refractivity (Wildman–Crippen MR) is 103 cm³/mol. The second-order valence-corrected chi connectivity index (χ2v) is 5.11. The molecule has 7 heteroatoms. The van der Waals surface area contributed by atoms with Crippen LogP contribution in [0.3, 0.4) is 0 Å². The van der Waals surface area contributed by atoms with Crippen molar-refractivity contribution in [1.82, 2.24) is 15.6 Å². The average Bonchev–Trinajstić information content (AvgIpc) is 2.54. The van der Waals surface area contributed by atoms with E-state index in [2.05, 4.69) is 20.6 Å². The molecule has 2 N–H and O–H groups in total. The number of nitrogens with one attached hydrogen (secondary N) is 2. The van der Waals surface area contributed by atoms with Gasteiger partial charge >= 0.3 is 0 Å². The summed E-state index contributed by atoms with van der Waals surface area (Å²) in [5.74, 6) is -0.0127. The van der Waals surface area contributed by atoms with Gasteiger partial charge in [-0.05, 0) is 48.7 Å². The van der Waals surface area contributed by atoms with Crippen molar-refractivity contribution < 1.29 is 8.78 Å². The third-order valence-corrected chi connectivity index (χ3v) is 3.47. The Morgan fingerprint density at radius 2 is 2.00 bits per heavy atom. The van der Waals surface area contributed by atoms with Crippen LogP contribution in [0, 0.1) is 18.6 Å². The lowest BCUT2D eigenvalue weighted by Crippen LogP contribution is -2.38. The highest BCUT2D eigenvalue weighted by Crippen LogP contribution is 2.10. The number of aliphatic imine (C=N–C) groups is 1. The first-order chi connectivity index (χ1) is 11.1. The van der Waals surface area contributed by atoms with Crippen molar-refractivity contribution in [3.8, 4) is 0 Å². The van der Waals surface area contributed by atoms with Gasteiger partial charge in [0.05, 0.1) is 12.2 Å². The molecule has 0 unspecified atom stereocenters. The van der Waals surface area contributed by atoms with E-state index in [1.165, 1.54) is 18.2 Å². The maximum absolute atomic E-state index is 13.5. The normalized spacial score (nSPS) is 10.9. The topological polar surface area (TPSA) is 49.3 Å². The fraction of sp³-hybridized carbons (Fsp3) is 0.294. The zero-order valence-corrected chi connectivity index (χ0v) is 16.0. The van der Waals surface area contributed by atoms with Crippen molar-refractivity contribution in [2.24, 2.45) is 4.99 Å². The highest BCUT2D eigenvalue weighted by atomic mass is 127. The second kappa shape index (κ2) is 10.2. The molecule has 0 aliphatic heterocycles. The van der Waals surface area contributed by atoms with Crippen LogP contribution in [0.4, 0.5) is 8.78 Å². The van der Waals surface area contributed by atoms with E-state index < -0.39 is 0 Å². The number of hydrogen-bond donors (Lipinski definition) is 2. The Hall–Kier alpha value is -1.77. The first-order valence-corrected chi connectivity index (χ1v) is 7.39. The minimum Gasteiger partial charge on any atom is -0.356 e. The molecule has 0 fully saturated rings. The Labute approximate surface area is 157 Å². The van der Waals surface area contributed by atoms with Crippen LogP contribution in [0.5, 0.6) is 0 Å². The Bertz CT molecular complexity index is 692. The molecule has 0 atom stereocenters. The number of aromatic nitrogens is 1. The quantitative estimate of drug-likeness (QED) is 0.422. The molecule has 2 rings (SSSR count). The predicted octanol–water partition coefficient (Wildman–Crippen LogP) is 3.19. The summed E-state index contributed by atoms with van der Waals surface area (Å²) in [6.45, 7) is 2.77. The standard InChI is InChI=1S/C17H20F2N4.HI/c1-12-10-14(18)6-5-13(12)7-9-22-17(20-2)23-11-16-15(19)4-3-8-21-16;/h3-6,8,10H,7,9,11H2,1-2H3,(H2,20,22,23);1H. The number of rotatable bonds is 5. The molecular formula is C17H21F2IN4. The van der Waals surface area contributed by atoms with Crippen molar-refractivity contribution in [1.29, 1.82) is 0 Å². The van der Waals surface area contributed by atoms with Gasteiger partial charge in [0.25, 0.3) is 0 Å². The monoisotopic (exact) mass is 446 g/mol. The number of halogens is 3. The van der Waals surface area contributed by atoms with E-state index >= 15 is 0 Å². The van der Waals surface area contributed by atoms with E-state index in [4.69, 9.17) is 0 Å². The van der Waals surface area contributed by atoms with Gasteiger partial charge in [0.2, 0.25) is 0 Å². The van der Waals surface area contributed by atoms with Crippen LogP contribution >= 0.6 is 24.0 Å². The summed E-state index contributed by atoms with van der Waals surface area (Å²) in [6.07, 6.45) is 2.29. The van der Waals surface area contributed by atoms with Gasteiger partial charge in [0, 0.05) is 19.8 Å². The molecule has 0 aliphatic rings. The fourth-order valence-corrected chi connectivity index (χ4v) is 2.19. The molecule has 2 aromatic rings. The number of benzene rings is 1. The average molecular weight is 446 g/mol. The Morgan fingerprint density at radius 3 is 2.67 bits per heavy atom. The van der Waals surface area contributed by atoms with Gasteiger partial charge in [-0.1, -0.05) is 6.07 Å². The summed E-state index contributed by atoms with van der Waals surface area (Å²) in [4.78, 5) is 8.06. The van der Waals surface area contributed by atoms with Crippen LogP contribution in [0.25, 0.3) is 0 Å². The molecule has 1 aromatic heterocycles. The molecule has 0 spiro atoms. The van der Waals surface area contributed by atoms with Crippen LogP contribution in [0.2, 0.25) is 0 Å². The van der Waals surface area contributed by atoms with Gasteiger partial charge in [-0.25, -0.2) is 8.78 Å². The Kier molecular flexibility index (Phi) is 8.59. The minimum atomic E-state index is -0.350. The zero-order valence-electron chi connectivity index (χ0n) is 13.6. The summed E-state index contributed by atoms with van der Waals surface area (Å²) < 4.78 is 26.6. The van der Waals surface area contributed by atoms with Gasteiger partial charge < -0.3 is 10.6 Å². The lowest BCUT2D eigenvalue weighted by Gasteiger charge is -2.12. The number of guanidine groups is 1. The summed E-state index contributed by atoms with van der Waals surface area (Å²) >= 11 is 0. The van der Waals surface area contributed by atoms with E-state index in [0.29, 0.717) is 18.2 Å². The van der Waals surface area contributed by atoms with Gasteiger partial charge in [-0.15, -0.1) is 24.0 Å². The summed E-state index contributed by atoms with van der Waals surface area (Å²) in [5, 5.41) is 6.16. The first kappa shape index (κ1) is 20.3. The minimum absolute atomic E-state index is 0. The Balaban J connectivity index is 0.00000288. The van der Waals surface area contributed by atoms with E-state index in [-0.39, 0.29) is 42.2 Å². The maximum Gasteiger partial charge on any atom is 0.191 e. The third-order valence-electron chi connectivity index (χ3n) is 3.47. The first-order valence-electron chi connectivity index (χ1n) is 7.39. The molecule has 1 aromatic carbocycles. The molecule has 0 bridgehead atoms. The number of hydrogen-bond acceptors (Lipinski definition) is 2. The lowest BCUT2D eigenvalue weighted by molar-refractivity contribution is 0.592. The van der Waals surface area contributed by atoms with Crippen molar-refractivity contribution in [2.75, 3.05) is 13.6 Å². The molecular weight excluding hydrogens is 425 g/mol. The van der Waals surface area contributed by atoms with Crippen LogP contribution in [-0.4, -0.2) is 24.5 Å². The molecule has 0 amide bonds. The summed E-state index contributed by atoms with van der Waals surface area (Å²) in [6, 6.07) is 7.69. The van der Waals surface area contributed by atoms with Crippen molar-refractivity contribution >= 4 is 29.9 Å². The third kappa shape index (κ3) is 6.03. The molecule has 0 saturated carbocycles. The van der Waals surface area contributed by atoms with E-state index in [1.807, 2.05) is 6.92 Å². The van der Waals surface area contributed by atoms with Gasteiger partial charge in [-0.3, -0.25) is 9.98 Å². The molecule has 1 heterocycles. The van der Waals surface area contributed by atoms with Crippen LogP contribution < -0.4 is 10.6 Å². The van der Waals surface area contributed by atoms with Crippen molar-refractivity contribution in [3.05, 3.63) is 65.0 Å². The fourth-order valence-electron chi connectivity index (χ4n) is 2.19. The second-order valence-electron chi connectivity index (χ2n) is 5.11. The van der Waals surface area contributed by atoms with E-state index in [9.17, 15) is 8.78 Å². The number of nitrogens with zero attached hydrogens (tertiary/aromatic N) is 2. The summed E-state index contributed by atoms with van der Waals surface area (Å²) in [7, 11) is 1.65. The lowest BCUT2D eigenvalue weighted by atomic mass is 10.1. The summed E-state index contributed by atoms with van der Waals surface area (Å²) in [5.41, 5.74) is 2.33. The van der Waals surface area contributed by atoms with Crippen LogP contribution in [0.15, 0.2) is 41.5 Å². The van der Waals surface area contributed by atoms with E-state index in [1.54, 1.807) is 25.4 Å². The van der Waals surface area contributed by atoms with E-state index in [0.717, 1.165) is 17.5 Å². The zero-order chi connectivity index (χ0) is 16.7. The molecule has 4 nitrogen and oxygen atoms in total. The smallest absolute Gasteiger partial charge is 0.191 e. The number of pyridine rings is 1. The molecule has 24 heavy (non-hydrogen) atoms. The highest BCUT2D eigenvalue weighted by molar-refractivity contribution is 14.0. The Morgan fingerprint density at radius 1 is 1.21 bits per heavy atom. The van der Waals surface area contributed by atoms with Crippen molar-refractivity contribution in [2.45, 2.75) is 19.9 Å². The molecule has 130 valence electrons. The van der Waals surface area contributed by atoms with Gasteiger partial charge in [0.15, 0.2) is 5.96 Å². The van der Waals surface area contributed by atoms with Crippen LogP contribution in [-0.2, 0) is 13.0 Å². The largest absolute Gasteiger partial charge is 0.356 e. The van der Waals surface area contributed by atoms with Gasteiger partial charge in [0.1, 0.15) is 11.6 Å². The molecule has 0 aliphatic carbocycles. The van der Waals surface area contributed by atoms with Crippen LogP contribution in [0.1, 0.15) is 16.8 Å². The molecule has 0 radical (unpaired) electrons. The molecule has 0 saturated heterocycles. The maximum atomic E-state index is 13.5.